The molecule has 0 bridgehead atoms. The van der Waals surface area contributed by atoms with Crippen molar-refractivity contribution < 1.29 is 9.59 Å². The fraction of sp³-hybridized carbons (Fsp3) is 0.500. The zero-order chi connectivity index (χ0) is 17.9. The molecular formula is C20H27N3O2. The van der Waals surface area contributed by atoms with Gasteiger partial charge in [-0.2, -0.15) is 0 Å². The number of nitrogens with zero attached hydrogens (tertiary/aromatic N) is 1. The van der Waals surface area contributed by atoms with E-state index in [1.807, 2.05) is 50.3 Å². The van der Waals surface area contributed by atoms with Crippen LogP contribution in [0.15, 0.2) is 42.0 Å². The Hall–Kier alpha value is -2.14. The van der Waals surface area contributed by atoms with Crippen LogP contribution >= 0.6 is 0 Å². The number of nitrogens with one attached hydrogen (secondary N) is 2. The molecule has 2 saturated heterocycles. The molecule has 3 amide bonds. The Morgan fingerprint density at radius 1 is 1.20 bits per heavy atom. The lowest BCUT2D eigenvalue weighted by Gasteiger charge is -2.38. The highest BCUT2D eigenvalue weighted by atomic mass is 16.2. The molecule has 0 aliphatic carbocycles. The molecule has 0 saturated carbocycles. The van der Waals surface area contributed by atoms with E-state index in [4.69, 9.17) is 0 Å². The van der Waals surface area contributed by atoms with E-state index >= 15 is 0 Å². The molecule has 0 unspecified atom stereocenters. The summed E-state index contributed by atoms with van der Waals surface area (Å²) in [6, 6.07) is 9.72. The van der Waals surface area contributed by atoms with E-state index in [-0.39, 0.29) is 17.9 Å². The van der Waals surface area contributed by atoms with E-state index in [2.05, 4.69) is 10.6 Å². The number of imide groups is 1. The predicted octanol–water partition coefficient (Wildman–Crippen LogP) is 2.49. The van der Waals surface area contributed by atoms with Gasteiger partial charge in [0, 0.05) is 13.0 Å². The quantitative estimate of drug-likeness (QED) is 0.639. The van der Waals surface area contributed by atoms with Crippen LogP contribution in [-0.2, 0) is 11.2 Å². The van der Waals surface area contributed by atoms with Gasteiger partial charge in [0.15, 0.2) is 0 Å². The van der Waals surface area contributed by atoms with Crippen LogP contribution in [0.1, 0.15) is 32.3 Å². The first-order valence-corrected chi connectivity index (χ1v) is 9.05. The van der Waals surface area contributed by atoms with E-state index in [9.17, 15) is 9.59 Å². The third-order valence-corrected chi connectivity index (χ3v) is 5.25. The highest BCUT2D eigenvalue weighted by Crippen LogP contribution is 2.35. The van der Waals surface area contributed by atoms with E-state index in [0.29, 0.717) is 13.0 Å². The average Bonchev–Trinajstić information content (AvgIpc) is 2.85. The molecule has 2 aliphatic rings. The summed E-state index contributed by atoms with van der Waals surface area (Å²) in [5, 5.41) is 6.44. The molecule has 25 heavy (non-hydrogen) atoms. The van der Waals surface area contributed by atoms with Crippen LogP contribution < -0.4 is 10.6 Å². The fourth-order valence-electron chi connectivity index (χ4n) is 3.86. The molecule has 1 aromatic rings. The minimum absolute atomic E-state index is 0.0780. The third kappa shape index (κ3) is 3.61. The van der Waals surface area contributed by atoms with E-state index in [1.165, 1.54) is 4.90 Å². The van der Waals surface area contributed by atoms with Crippen molar-refractivity contribution in [3.8, 4) is 0 Å². The lowest BCUT2D eigenvalue weighted by molar-refractivity contribution is -0.133. The van der Waals surface area contributed by atoms with Crippen molar-refractivity contribution in [3.63, 3.8) is 0 Å². The molecule has 2 fully saturated rings. The van der Waals surface area contributed by atoms with E-state index in [0.717, 1.165) is 37.1 Å². The SMILES string of the molecule is CC(C)=CCN1C(=O)N[C@](Cc2ccccc2)(C2CCNCC2)C1=O. The number of hydrogen-bond acceptors (Lipinski definition) is 3. The summed E-state index contributed by atoms with van der Waals surface area (Å²) in [5.41, 5.74) is 1.36. The third-order valence-electron chi connectivity index (χ3n) is 5.25. The maximum absolute atomic E-state index is 13.3. The van der Waals surface area contributed by atoms with Crippen molar-refractivity contribution in [2.45, 2.75) is 38.6 Å². The molecule has 5 nitrogen and oxygen atoms in total. The number of piperidine rings is 1. The molecule has 2 aliphatic heterocycles. The molecule has 0 radical (unpaired) electrons. The Kier molecular flexibility index (Phi) is 5.23. The normalized spacial score (nSPS) is 24.3. The van der Waals surface area contributed by atoms with Gasteiger partial charge >= 0.3 is 6.03 Å². The van der Waals surface area contributed by atoms with Gasteiger partial charge in [0.25, 0.3) is 5.91 Å². The van der Waals surface area contributed by atoms with E-state index in [1.54, 1.807) is 0 Å². The Bertz CT molecular complexity index is 661. The smallest absolute Gasteiger partial charge is 0.322 e. The number of carbonyl (C=O) groups is 2. The van der Waals surface area contributed by atoms with Crippen molar-refractivity contribution >= 4 is 11.9 Å². The molecule has 2 N–H and O–H groups in total. The first kappa shape index (κ1) is 17.7. The monoisotopic (exact) mass is 341 g/mol. The molecule has 2 heterocycles. The summed E-state index contributed by atoms with van der Waals surface area (Å²) >= 11 is 0. The molecule has 1 aromatic carbocycles. The number of benzene rings is 1. The largest absolute Gasteiger partial charge is 0.325 e. The minimum atomic E-state index is -0.823. The summed E-state index contributed by atoms with van der Waals surface area (Å²) in [6.45, 7) is 6.07. The molecule has 0 spiro atoms. The number of urea groups is 1. The zero-order valence-electron chi connectivity index (χ0n) is 15.0. The maximum Gasteiger partial charge on any atom is 0.325 e. The predicted molar refractivity (Wildman–Crippen MR) is 98.1 cm³/mol. The Balaban J connectivity index is 1.92. The van der Waals surface area contributed by atoms with Crippen molar-refractivity contribution in [2.24, 2.45) is 5.92 Å². The summed E-state index contributed by atoms with van der Waals surface area (Å²) in [5.74, 6) is 0.0767. The topological polar surface area (TPSA) is 61.4 Å². The highest BCUT2D eigenvalue weighted by Gasteiger charge is 2.55. The average molecular weight is 341 g/mol. The molecule has 134 valence electrons. The van der Waals surface area contributed by atoms with Crippen molar-refractivity contribution in [3.05, 3.63) is 47.5 Å². The van der Waals surface area contributed by atoms with Gasteiger partial charge in [0.1, 0.15) is 5.54 Å². The Morgan fingerprint density at radius 3 is 2.52 bits per heavy atom. The van der Waals surface area contributed by atoms with Crippen LogP contribution in [0.25, 0.3) is 0 Å². The number of rotatable bonds is 5. The first-order chi connectivity index (χ1) is 12.0. The van der Waals surface area contributed by atoms with Crippen molar-refractivity contribution in [1.29, 1.82) is 0 Å². The summed E-state index contributed by atoms with van der Waals surface area (Å²) < 4.78 is 0. The standard InChI is InChI=1S/C20H27N3O2/c1-15(2)10-13-23-18(24)20(22-19(23)25,17-8-11-21-12-9-17)14-16-6-4-3-5-7-16/h3-7,10,17,21H,8-9,11-14H2,1-2H3,(H,22,25)/t20-/m1/s1. The zero-order valence-corrected chi connectivity index (χ0v) is 15.0. The van der Waals surface area contributed by atoms with Gasteiger partial charge in [0.05, 0.1) is 0 Å². The second kappa shape index (κ2) is 7.40. The number of amides is 3. The number of hydrogen-bond donors (Lipinski definition) is 2. The summed E-state index contributed by atoms with van der Waals surface area (Å²) in [7, 11) is 0. The van der Waals surface area contributed by atoms with Gasteiger partial charge in [-0.15, -0.1) is 0 Å². The highest BCUT2D eigenvalue weighted by molar-refractivity contribution is 6.07. The van der Waals surface area contributed by atoms with Gasteiger partial charge in [-0.1, -0.05) is 42.0 Å². The molecule has 3 rings (SSSR count). The van der Waals surface area contributed by atoms with Gasteiger partial charge < -0.3 is 10.6 Å². The number of allylic oxidation sites excluding steroid dienone is 1. The van der Waals surface area contributed by atoms with Crippen LogP contribution in [0.4, 0.5) is 4.79 Å². The summed E-state index contributed by atoms with van der Waals surface area (Å²) in [6.07, 6.45) is 4.28. The van der Waals surface area contributed by atoms with Crippen molar-refractivity contribution in [2.75, 3.05) is 19.6 Å². The summed E-state index contributed by atoms with van der Waals surface area (Å²) in [4.78, 5) is 27.3. The second-order valence-electron chi connectivity index (χ2n) is 7.29. The number of carbonyl (C=O) groups excluding carboxylic acids is 2. The Morgan fingerprint density at radius 2 is 1.88 bits per heavy atom. The first-order valence-electron chi connectivity index (χ1n) is 9.05. The van der Waals surface area contributed by atoms with Crippen LogP contribution in [-0.4, -0.2) is 42.0 Å². The molecule has 5 heteroatoms. The lowest BCUT2D eigenvalue weighted by atomic mass is 9.74. The Labute approximate surface area is 149 Å². The molecule has 1 atom stereocenters. The van der Waals surface area contributed by atoms with Gasteiger partial charge in [-0.05, 0) is 51.3 Å². The maximum atomic E-state index is 13.3. The fourth-order valence-corrected chi connectivity index (χ4v) is 3.86. The lowest BCUT2D eigenvalue weighted by Crippen LogP contribution is -2.57. The molecular weight excluding hydrogens is 314 g/mol. The van der Waals surface area contributed by atoms with Crippen LogP contribution in [0.5, 0.6) is 0 Å². The van der Waals surface area contributed by atoms with Crippen LogP contribution in [0.3, 0.4) is 0 Å². The minimum Gasteiger partial charge on any atom is -0.322 e. The van der Waals surface area contributed by atoms with Crippen LogP contribution in [0.2, 0.25) is 0 Å². The van der Waals surface area contributed by atoms with Gasteiger partial charge in [-0.25, -0.2) is 4.79 Å². The second-order valence-corrected chi connectivity index (χ2v) is 7.29. The van der Waals surface area contributed by atoms with Crippen molar-refractivity contribution in [1.82, 2.24) is 15.5 Å². The van der Waals surface area contributed by atoms with Gasteiger partial charge in [0.2, 0.25) is 0 Å². The van der Waals surface area contributed by atoms with Gasteiger partial charge in [-0.3, -0.25) is 9.69 Å². The van der Waals surface area contributed by atoms with Crippen LogP contribution in [0, 0.1) is 5.92 Å². The van der Waals surface area contributed by atoms with E-state index < -0.39 is 5.54 Å². The molecule has 0 aromatic heterocycles.